The molecule has 4 heteroatoms. The molecule has 0 saturated carbocycles. The van der Waals surface area contributed by atoms with Crippen LogP contribution in [0.25, 0.3) is 0 Å². The molecular weight excluding hydrogens is 279 g/mol. The number of quaternary nitrogens is 1. The fraction of sp³-hybridized carbons (Fsp3) is 0.611. The zero-order valence-electron chi connectivity index (χ0n) is 13.7. The van der Waals surface area contributed by atoms with Crippen molar-refractivity contribution in [1.29, 1.82) is 0 Å². The average Bonchev–Trinajstić information content (AvgIpc) is 2.50. The standard InChI is InChI=1S/C18H27FN2O/c1-14(2)7-10-20-18(22)15-8-11-21(12-9-15)13-16-5-3-4-6-17(16)19/h3-6,14-15H,7-13H2,1-2H3,(H,20,22)/p+1. The molecule has 1 aliphatic rings. The van der Waals surface area contributed by atoms with Crippen molar-refractivity contribution < 1.29 is 14.1 Å². The fourth-order valence-corrected chi connectivity index (χ4v) is 3.00. The molecule has 0 aromatic heterocycles. The number of piperidine rings is 1. The van der Waals surface area contributed by atoms with Crippen LogP contribution in [0.5, 0.6) is 0 Å². The summed E-state index contributed by atoms with van der Waals surface area (Å²) < 4.78 is 13.7. The Labute approximate surface area is 132 Å². The van der Waals surface area contributed by atoms with Gasteiger partial charge in [-0.25, -0.2) is 4.39 Å². The lowest BCUT2D eigenvalue weighted by molar-refractivity contribution is -0.919. The Hall–Kier alpha value is -1.42. The average molecular weight is 307 g/mol. The molecule has 0 unspecified atom stereocenters. The first-order chi connectivity index (χ1) is 10.6. The second kappa shape index (κ2) is 8.28. The topological polar surface area (TPSA) is 33.5 Å². The maximum atomic E-state index is 13.7. The first kappa shape index (κ1) is 16.9. The molecule has 0 bridgehead atoms. The third-order valence-corrected chi connectivity index (χ3v) is 4.48. The molecular formula is C18H28FN2O+. The van der Waals surface area contributed by atoms with Crippen molar-refractivity contribution in [2.75, 3.05) is 19.6 Å². The lowest BCUT2D eigenvalue weighted by Gasteiger charge is -2.28. The highest BCUT2D eigenvalue weighted by molar-refractivity contribution is 5.78. The van der Waals surface area contributed by atoms with Crippen LogP contribution in [-0.2, 0) is 11.3 Å². The largest absolute Gasteiger partial charge is 0.356 e. The van der Waals surface area contributed by atoms with E-state index in [1.54, 1.807) is 6.07 Å². The van der Waals surface area contributed by atoms with E-state index in [0.29, 0.717) is 12.5 Å². The van der Waals surface area contributed by atoms with Crippen LogP contribution >= 0.6 is 0 Å². The lowest BCUT2D eigenvalue weighted by Crippen LogP contribution is -3.11. The van der Waals surface area contributed by atoms with Crippen LogP contribution in [-0.4, -0.2) is 25.5 Å². The van der Waals surface area contributed by atoms with Gasteiger partial charge >= 0.3 is 0 Å². The van der Waals surface area contributed by atoms with Crippen LogP contribution in [0, 0.1) is 17.7 Å². The molecule has 3 nitrogen and oxygen atoms in total. The van der Waals surface area contributed by atoms with Crippen molar-refractivity contribution >= 4 is 5.91 Å². The minimum absolute atomic E-state index is 0.122. The predicted octanol–water partition coefficient (Wildman–Crippen LogP) is 1.78. The minimum Gasteiger partial charge on any atom is -0.356 e. The summed E-state index contributed by atoms with van der Waals surface area (Å²) in [6.45, 7) is 7.70. The van der Waals surface area contributed by atoms with Gasteiger partial charge in [0.15, 0.2) is 0 Å². The van der Waals surface area contributed by atoms with Crippen molar-refractivity contribution in [2.24, 2.45) is 11.8 Å². The van der Waals surface area contributed by atoms with Gasteiger partial charge in [-0.15, -0.1) is 0 Å². The van der Waals surface area contributed by atoms with Crippen molar-refractivity contribution in [3.05, 3.63) is 35.6 Å². The van der Waals surface area contributed by atoms with E-state index in [1.807, 2.05) is 12.1 Å². The molecule has 1 aromatic carbocycles. The number of carbonyl (C=O) groups is 1. The first-order valence-electron chi connectivity index (χ1n) is 8.41. The molecule has 1 aliphatic heterocycles. The normalized spacial score (nSPS) is 21.8. The van der Waals surface area contributed by atoms with Crippen molar-refractivity contribution in [1.82, 2.24) is 5.32 Å². The first-order valence-corrected chi connectivity index (χ1v) is 8.41. The number of hydrogen-bond acceptors (Lipinski definition) is 1. The van der Waals surface area contributed by atoms with Gasteiger partial charge in [-0.1, -0.05) is 32.0 Å². The summed E-state index contributed by atoms with van der Waals surface area (Å²) in [6.07, 6.45) is 2.83. The summed E-state index contributed by atoms with van der Waals surface area (Å²) in [4.78, 5) is 13.5. The Morgan fingerprint density at radius 3 is 2.64 bits per heavy atom. The Kier molecular flexibility index (Phi) is 6.37. The van der Waals surface area contributed by atoms with Gasteiger partial charge in [0.25, 0.3) is 0 Å². The second-order valence-electron chi connectivity index (χ2n) is 6.77. The summed E-state index contributed by atoms with van der Waals surface area (Å²) >= 11 is 0. The Bertz CT molecular complexity index is 482. The zero-order chi connectivity index (χ0) is 15.9. The third-order valence-electron chi connectivity index (χ3n) is 4.48. The Balaban J connectivity index is 1.73. The molecule has 1 amide bonds. The van der Waals surface area contributed by atoms with E-state index in [0.717, 1.165) is 44.5 Å². The molecule has 1 saturated heterocycles. The zero-order valence-corrected chi connectivity index (χ0v) is 13.7. The molecule has 1 aromatic rings. The highest BCUT2D eigenvalue weighted by Gasteiger charge is 2.27. The minimum atomic E-state index is -0.122. The van der Waals surface area contributed by atoms with Crippen LogP contribution < -0.4 is 10.2 Å². The van der Waals surface area contributed by atoms with Crippen LogP contribution in [0.15, 0.2) is 24.3 Å². The van der Waals surface area contributed by atoms with Gasteiger partial charge in [-0.2, -0.15) is 0 Å². The van der Waals surface area contributed by atoms with E-state index in [2.05, 4.69) is 19.2 Å². The number of rotatable bonds is 6. The molecule has 1 heterocycles. The van der Waals surface area contributed by atoms with Gasteiger partial charge < -0.3 is 10.2 Å². The predicted molar refractivity (Wildman–Crippen MR) is 86.0 cm³/mol. The number of hydrogen-bond donors (Lipinski definition) is 2. The van der Waals surface area contributed by atoms with Crippen molar-refractivity contribution in [3.63, 3.8) is 0 Å². The van der Waals surface area contributed by atoms with Crippen LogP contribution in [0.3, 0.4) is 0 Å². The highest BCUT2D eigenvalue weighted by Crippen LogP contribution is 2.11. The Morgan fingerprint density at radius 2 is 2.00 bits per heavy atom. The summed E-state index contributed by atoms with van der Waals surface area (Å²) in [5, 5.41) is 3.05. The molecule has 122 valence electrons. The number of benzene rings is 1. The maximum absolute atomic E-state index is 13.7. The van der Waals surface area contributed by atoms with E-state index in [4.69, 9.17) is 0 Å². The van der Waals surface area contributed by atoms with E-state index in [-0.39, 0.29) is 17.6 Å². The third kappa shape index (κ3) is 5.09. The van der Waals surface area contributed by atoms with Crippen LogP contribution in [0.2, 0.25) is 0 Å². The van der Waals surface area contributed by atoms with E-state index in [1.165, 1.54) is 11.0 Å². The monoisotopic (exact) mass is 307 g/mol. The summed E-state index contributed by atoms with van der Waals surface area (Å²) in [5.74, 6) is 0.832. The lowest BCUT2D eigenvalue weighted by atomic mass is 9.95. The van der Waals surface area contributed by atoms with Gasteiger partial charge in [-0.3, -0.25) is 4.79 Å². The highest BCUT2D eigenvalue weighted by atomic mass is 19.1. The SMILES string of the molecule is CC(C)CCNC(=O)C1CC[NH+](Cc2ccccc2F)CC1. The summed E-state index contributed by atoms with van der Waals surface area (Å²) in [6, 6.07) is 6.98. The van der Waals surface area contributed by atoms with E-state index < -0.39 is 0 Å². The maximum Gasteiger partial charge on any atom is 0.223 e. The number of likely N-dealkylation sites (tertiary alicyclic amines) is 1. The molecule has 2 N–H and O–H groups in total. The number of carbonyl (C=O) groups excluding carboxylic acids is 1. The molecule has 1 fully saturated rings. The summed E-state index contributed by atoms with van der Waals surface area (Å²) in [7, 11) is 0. The molecule has 0 aliphatic carbocycles. The van der Waals surface area contributed by atoms with Gasteiger partial charge in [0.1, 0.15) is 12.4 Å². The van der Waals surface area contributed by atoms with Gasteiger partial charge in [0.05, 0.1) is 13.1 Å². The quantitative estimate of drug-likeness (QED) is 0.825. The number of nitrogens with one attached hydrogen (secondary N) is 2. The summed E-state index contributed by atoms with van der Waals surface area (Å²) in [5.41, 5.74) is 0.775. The molecule has 0 spiro atoms. The van der Waals surface area contributed by atoms with E-state index >= 15 is 0 Å². The van der Waals surface area contributed by atoms with Gasteiger partial charge in [-0.05, 0) is 18.4 Å². The van der Waals surface area contributed by atoms with Gasteiger partial charge in [0, 0.05) is 30.9 Å². The van der Waals surface area contributed by atoms with Crippen molar-refractivity contribution in [2.45, 2.75) is 39.7 Å². The second-order valence-corrected chi connectivity index (χ2v) is 6.77. The molecule has 22 heavy (non-hydrogen) atoms. The molecule has 2 rings (SSSR count). The Morgan fingerprint density at radius 1 is 1.32 bits per heavy atom. The molecule has 0 radical (unpaired) electrons. The number of amides is 1. The molecule has 0 atom stereocenters. The fourth-order valence-electron chi connectivity index (χ4n) is 3.00. The van der Waals surface area contributed by atoms with Gasteiger partial charge in [0.2, 0.25) is 5.91 Å². The van der Waals surface area contributed by atoms with Crippen LogP contribution in [0.4, 0.5) is 4.39 Å². The van der Waals surface area contributed by atoms with Crippen molar-refractivity contribution in [3.8, 4) is 0 Å². The number of halogens is 1. The van der Waals surface area contributed by atoms with Crippen LogP contribution in [0.1, 0.15) is 38.7 Å². The van der Waals surface area contributed by atoms with E-state index in [9.17, 15) is 9.18 Å². The smallest absolute Gasteiger partial charge is 0.223 e.